The van der Waals surface area contributed by atoms with Crippen LogP contribution in [0.1, 0.15) is 12.4 Å². The quantitative estimate of drug-likeness (QED) is 0.528. The Bertz CT molecular complexity index is 864. The highest BCUT2D eigenvalue weighted by Gasteiger charge is 2.18. The number of aromatic nitrogens is 2. The molecule has 0 atom stereocenters. The van der Waals surface area contributed by atoms with Crippen molar-refractivity contribution in [3.8, 4) is 5.75 Å². The van der Waals surface area contributed by atoms with E-state index in [1.807, 2.05) is 0 Å². The fourth-order valence-corrected chi connectivity index (χ4v) is 2.25. The highest BCUT2D eigenvalue weighted by molar-refractivity contribution is 5.75. The third kappa shape index (κ3) is 2.96. The molecule has 0 unspecified atom stereocenters. The predicted molar refractivity (Wildman–Crippen MR) is 78.4 cm³/mol. The molecule has 0 aliphatic carbocycles. The number of nitrogens with zero attached hydrogens (tertiary/aromatic N) is 3. The van der Waals surface area contributed by atoms with Crippen LogP contribution in [0.25, 0.3) is 11.0 Å². The van der Waals surface area contributed by atoms with Crippen molar-refractivity contribution < 1.29 is 18.4 Å². The van der Waals surface area contributed by atoms with E-state index in [0.29, 0.717) is 11.0 Å². The number of rotatable bonds is 5. The highest BCUT2D eigenvalue weighted by atomic mass is 19.3. The van der Waals surface area contributed by atoms with Gasteiger partial charge >= 0.3 is 6.55 Å². The molecule has 0 aliphatic heterocycles. The highest BCUT2D eigenvalue weighted by Crippen LogP contribution is 2.25. The first kappa shape index (κ1) is 14.9. The van der Waals surface area contributed by atoms with Gasteiger partial charge in [0.05, 0.1) is 22.0 Å². The normalized spacial score (nSPS) is 11.1. The van der Waals surface area contributed by atoms with Crippen LogP contribution in [0.5, 0.6) is 5.75 Å². The molecule has 1 aromatic heterocycles. The van der Waals surface area contributed by atoms with Crippen LogP contribution in [0.4, 0.5) is 14.5 Å². The Morgan fingerprint density at radius 2 is 2.00 bits per heavy atom. The zero-order valence-corrected chi connectivity index (χ0v) is 11.7. The van der Waals surface area contributed by atoms with Gasteiger partial charge in [-0.25, -0.2) is 4.98 Å². The van der Waals surface area contributed by atoms with Gasteiger partial charge in [-0.1, -0.05) is 18.2 Å². The molecule has 6 nitrogen and oxygen atoms in total. The van der Waals surface area contributed by atoms with Crippen LogP contribution in [0.15, 0.2) is 48.5 Å². The number of hydrogen-bond acceptors (Lipinski definition) is 4. The molecule has 23 heavy (non-hydrogen) atoms. The van der Waals surface area contributed by atoms with Gasteiger partial charge < -0.3 is 4.74 Å². The molecule has 2 aromatic carbocycles. The number of para-hydroxylation sites is 2. The number of ether oxygens (including phenoxy) is 1. The van der Waals surface area contributed by atoms with E-state index in [9.17, 15) is 18.9 Å². The van der Waals surface area contributed by atoms with Crippen molar-refractivity contribution in [2.75, 3.05) is 0 Å². The van der Waals surface area contributed by atoms with Crippen molar-refractivity contribution in [3.05, 3.63) is 64.5 Å². The maximum atomic E-state index is 13.3. The van der Waals surface area contributed by atoms with Crippen LogP contribution >= 0.6 is 0 Å². The molecule has 118 valence electrons. The first-order valence-corrected chi connectivity index (χ1v) is 6.67. The van der Waals surface area contributed by atoms with Gasteiger partial charge in [0.1, 0.15) is 12.4 Å². The van der Waals surface area contributed by atoms with E-state index in [4.69, 9.17) is 4.74 Å². The molecule has 0 saturated heterocycles. The number of alkyl halides is 2. The van der Waals surface area contributed by atoms with E-state index in [2.05, 4.69) is 4.98 Å². The zero-order valence-electron chi connectivity index (χ0n) is 11.7. The monoisotopic (exact) mass is 319 g/mol. The summed E-state index contributed by atoms with van der Waals surface area (Å²) in [5.41, 5.74) is 0.607. The molecule has 1 heterocycles. The molecule has 0 radical (unpaired) electrons. The lowest BCUT2D eigenvalue weighted by molar-refractivity contribution is -0.384. The van der Waals surface area contributed by atoms with Gasteiger partial charge in [-0.2, -0.15) is 8.78 Å². The number of imidazole rings is 1. The third-order valence-corrected chi connectivity index (χ3v) is 3.26. The molecule has 0 fully saturated rings. The van der Waals surface area contributed by atoms with Gasteiger partial charge in [-0.15, -0.1) is 0 Å². The minimum atomic E-state index is -2.76. The average molecular weight is 319 g/mol. The van der Waals surface area contributed by atoms with Gasteiger partial charge in [-0.05, 0) is 18.2 Å². The van der Waals surface area contributed by atoms with Crippen LogP contribution < -0.4 is 4.74 Å². The molecule has 0 spiro atoms. The van der Waals surface area contributed by atoms with Crippen LogP contribution in [0.2, 0.25) is 0 Å². The van der Waals surface area contributed by atoms with Crippen molar-refractivity contribution >= 4 is 16.7 Å². The smallest absolute Gasteiger partial charge is 0.320 e. The van der Waals surface area contributed by atoms with E-state index in [1.54, 1.807) is 24.3 Å². The Labute approximate surface area is 129 Å². The topological polar surface area (TPSA) is 70.2 Å². The Balaban J connectivity index is 1.88. The van der Waals surface area contributed by atoms with Crippen LogP contribution in [-0.2, 0) is 6.61 Å². The molecule has 0 amide bonds. The number of hydrogen-bond donors (Lipinski definition) is 0. The fraction of sp³-hybridized carbons (Fsp3) is 0.133. The molecular formula is C15H11F2N3O3. The van der Waals surface area contributed by atoms with Crippen molar-refractivity contribution in [1.82, 2.24) is 9.55 Å². The van der Waals surface area contributed by atoms with E-state index < -0.39 is 11.5 Å². The van der Waals surface area contributed by atoms with E-state index in [1.165, 1.54) is 24.3 Å². The molecule has 0 saturated carbocycles. The lowest BCUT2D eigenvalue weighted by Gasteiger charge is -2.09. The van der Waals surface area contributed by atoms with Gasteiger partial charge in [0.25, 0.3) is 5.69 Å². The predicted octanol–water partition coefficient (Wildman–Crippen LogP) is 3.92. The Hall–Kier alpha value is -3.03. The SMILES string of the molecule is O=[N+]([O-])c1cccc(OCc2nc3ccccc3n2C(F)F)c1. The van der Waals surface area contributed by atoms with Crippen molar-refractivity contribution in [2.45, 2.75) is 13.2 Å². The van der Waals surface area contributed by atoms with Crippen molar-refractivity contribution in [2.24, 2.45) is 0 Å². The molecule has 8 heteroatoms. The number of fused-ring (bicyclic) bond motifs is 1. The summed E-state index contributed by atoms with van der Waals surface area (Å²) in [5.74, 6) is 0.264. The Morgan fingerprint density at radius 1 is 1.22 bits per heavy atom. The molecule has 3 rings (SSSR count). The van der Waals surface area contributed by atoms with Crippen LogP contribution in [0.3, 0.4) is 0 Å². The summed E-state index contributed by atoms with van der Waals surface area (Å²) in [6, 6.07) is 12.1. The maximum Gasteiger partial charge on any atom is 0.320 e. The summed E-state index contributed by atoms with van der Waals surface area (Å²) in [7, 11) is 0. The maximum absolute atomic E-state index is 13.3. The Kier molecular flexibility index (Phi) is 3.88. The van der Waals surface area contributed by atoms with Gasteiger partial charge in [0, 0.05) is 6.07 Å². The minimum Gasteiger partial charge on any atom is -0.485 e. The fourth-order valence-electron chi connectivity index (χ4n) is 2.25. The second-order valence-electron chi connectivity index (χ2n) is 4.71. The average Bonchev–Trinajstić information content (AvgIpc) is 2.91. The molecule has 3 aromatic rings. The van der Waals surface area contributed by atoms with Crippen molar-refractivity contribution in [1.29, 1.82) is 0 Å². The second kappa shape index (κ2) is 5.99. The van der Waals surface area contributed by atoms with E-state index in [-0.39, 0.29) is 23.9 Å². The molecular weight excluding hydrogens is 308 g/mol. The standard InChI is InChI=1S/C15H11F2N3O3/c16-15(17)19-13-7-2-1-6-12(13)18-14(19)9-23-11-5-3-4-10(8-11)20(21)22/h1-8,15H,9H2. The van der Waals surface area contributed by atoms with Gasteiger partial charge in [-0.3, -0.25) is 14.7 Å². The molecule has 0 aliphatic rings. The first-order chi connectivity index (χ1) is 11.1. The third-order valence-electron chi connectivity index (χ3n) is 3.26. The van der Waals surface area contributed by atoms with E-state index >= 15 is 0 Å². The minimum absolute atomic E-state index is 0.0488. The number of benzene rings is 2. The summed E-state index contributed by atoms with van der Waals surface area (Å²) in [6.07, 6.45) is 0. The number of non-ortho nitro benzene ring substituents is 1. The largest absolute Gasteiger partial charge is 0.485 e. The van der Waals surface area contributed by atoms with Crippen molar-refractivity contribution in [3.63, 3.8) is 0 Å². The summed E-state index contributed by atoms with van der Waals surface area (Å²) >= 11 is 0. The first-order valence-electron chi connectivity index (χ1n) is 6.67. The van der Waals surface area contributed by atoms with Crippen LogP contribution in [-0.4, -0.2) is 14.5 Å². The molecule has 0 N–H and O–H groups in total. The van der Waals surface area contributed by atoms with Crippen LogP contribution in [0, 0.1) is 10.1 Å². The lowest BCUT2D eigenvalue weighted by Crippen LogP contribution is -2.08. The Morgan fingerprint density at radius 3 is 2.74 bits per heavy atom. The van der Waals surface area contributed by atoms with Gasteiger partial charge in [0.2, 0.25) is 0 Å². The molecule has 0 bridgehead atoms. The summed E-state index contributed by atoms with van der Waals surface area (Å²) in [5, 5.41) is 10.7. The zero-order chi connectivity index (χ0) is 16.4. The summed E-state index contributed by atoms with van der Waals surface area (Å²) < 4.78 is 32.7. The number of halogens is 2. The second-order valence-corrected chi connectivity index (χ2v) is 4.71. The number of nitro benzene ring substituents is 1. The van der Waals surface area contributed by atoms with E-state index in [0.717, 1.165) is 4.57 Å². The van der Waals surface area contributed by atoms with Gasteiger partial charge in [0.15, 0.2) is 5.82 Å². The summed E-state index contributed by atoms with van der Waals surface area (Å²) in [6.45, 7) is -2.98. The number of nitro groups is 1. The summed E-state index contributed by atoms with van der Waals surface area (Å²) in [4.78, 5) is 14.3. The lowest BCUT2D eigenvalue weighted by atomic mass is 10.3.